The van der Waals surface area contributed by atoms with Crippen LogP contribution in [0.25, 0.3) is 0 Å². The van der Waals surface area contributed by atoms with Gasteiger partial charge in [0, 0.05) is 6.07 Å². The van der Waals surface area contributed by atoms with Crippen LogP contribution in [0.4, 0.5) is 5.69 Å². The van der Waals surface area contributed by atoms with Crippen LogP contribution in [0.1, 0.15) is 12.5 Å². The topological polar surface area (TPSA) is 76.2 Å². The lowest BCUT2D eigenvalue weighted by atomic mass is 10.1. The summed E-state index contributed by atoms with van der Waals surface area (Å²) < 4.78 is 5.13. The van der Waals surface area contributed by atoms with Crippen molar-refractivity contribution < 1.29 is 9.66 Å². The highest BCUT2D eigenvalue weighted by atomic mass is 16.6. The lowest BCUT2D eigenvalue weighted by Crippen LogP contribution is -1.98. The highest BCUT2D eigenvalue weighted by molar-refractivity contribution is 5.48. The summed E-state index contributed by atoms with van der Waals surface area (Å²) >= 11 is 0. The van der Waals surface area contributed by atoms with Crippen LogP contribution in [0.5, 0.6) is 5.75 Å². The van der Waals surface area contributed by atoms with Crippen molar-refractivity contribution in [3.05, 3.63) is 33.9 Å². The molecule has 0 aliphatic rings. The van der Waals surface area contributed by atoms with Gasteiger partial charge >= 0.3 is 5.69 Å². The minimum atomic E-state index is -0.499. The maximum absolute atomic E-state index is 10.6. The van der Waals surface area contributed by atoms with Crippen LogP contribution in [0, 0.1) is 21.4 Å². The van der Waals surface area contributed by atoms with Gasteiger partial charge in [-0.3, -0.25) is 10.1 Å². The first-order valence-electron chi connectivity index (χ1n) is 4.46. The molecule has 78 valence electrons. The maximum atomic E-state index is 10.6. The molecule has 1 rings (SSSR count). The van der Waals surface area contributed by atoms with Gasteiger partial charge in [0.05, 0.1) is 24.0 Å². The normalized spacial score (nSPS) is 9.33. The predicted octanol–water partition coefficient (Wildman–Crippen LogP) is 2.06. The molecule has 0 aliphatic carbocycles. The number of ether oxygens (including phenoxy) is 1. The second-order valence-corrected chi connectivity index (χ2v) is 2.83. The van der Waals surface area contributed by atoms with Gasteiger partial charge in [-0.15, -0.1) is 0 Å². The van der Waals surface area contributed by atoms with Crippen molar-refractivity contribution in [1.82, 2.24) is 0 Å². The summed E-state index contributed by atoms with van der Waals surface area (Å²) in [5.74, 6) is 0.218. The number of benzene rings is 1. The van der Waals surface area contributed by atoms with E-state index >= 15 is 0 Å². The van der Waals surface area contributed by atoms with E-state index in [-0.39, 0.29) is 17.9 Å². The molecular formula is C10H10N2O3. The molecule has 5 nitrogen and oxygen atoms in total. The minimum Gasteiger partial charge on any atom is -0.487 e. The Morgan fingerprint density at radius 3 is 2.87 bits per heavy atom. The summed E-state index contributed by atoms with van der Waals surface area (Å²) in [6.45, 7) is 2.11. The zero-order valence-corrected chi connectivity index (χ0v) is 8.27. The van der Waals surface area contributed by atoms with Crippen LogP contribution in [-0.2, 0) is 6.42 Å². The first kappa shape index (κ1) is 11.0. The van der Waals surface area contributed by atoms with Crippen LogP contribution >= 0.6 is 0 Å². The van der Waals surface area contributed by atoms with Crippen molar-refractivity contribution in [3.8, 4) is 11.8 Å². The lowest BCUT2D eigenvalue weighted by molar-refractivity contribution is -0.385. The molecule has 0 spiro atoms. The Bertz CT molecular complexity index is 410. The van der Waals surface area contributed by atoms with Crippen LogP contribution < -0.4 is 4.74 Å². The Morgan fingerprint density at radius 1 is 1.60 bits per heavy atom. The minimum absolute atomic E-state index is 0.0708. The van der Waals surface area contributed by atoms with Crippen molar-refractivity contribution >= 4 is 5.69 Å². The first-order chi connectivity index (χ1) is 7.19. The third-order valence-corrected chi connectivity index (χ3v) is 1.80. The molecule has 0 amide bonds. The molecule has 5 heteroatoms. The van der Waals surface area contributed by atoms with E-state index in [4.69, 9.17) is 10.00 Å². The lowest BCUT2D eigenvalue weighted by Gasteiger charge is -2.04. The van der Waals surface area contributed by atoms with Gasteiger partial charge in [0.1, 0.15) is 0 Å². The Labute approximate surface area is 87.1 Å². The summed E-state index contributed by atoms with van der Waals surface area (Å²) in [7, 11) is 0. The summed E-state index contributed by atoms with van der Waals surface area (Å²) in [5, 5.41) is 19.1. The fourth-order valence-corrected chi connectivity index (χ4v) is 1.18. The number of nitrogens with zero attached hydrogens (tertiary/aromatic N) is 2. The summed E-state index contributed by atoms with van der Waals surface area (Å²) in [6, 6.07) is 6.43. The molecule has 0 bridgehead atoms. The third-order valence-electron chi connectivity index (χ3n) is 1.80. The number of rotatable bonds is 4. The Hall–Kier alpha value is -2.09. The number of nitro benzene ring substituents is 1. The SMILES string of the molecule is CCOc1cc(CC#N)ccc1[N+](=O)[O-]. The molecule has 0 unspecified atom stereocenters. The molecular weight excluding hydrogens is 196 g/mol. The van der Waals surface area contributed by atoms with E-state index in [1.54, 1.807) is 13.0 Å². The van der Waals surface area contributed by atoms with E-state index in [9.17, 15) is 10.1 Å². The quantitative estimate of drug-likeness (QED) is 0.558. The van der Waals surface area contributed by atoms with Gasteiger partial charge in [0.25, 0.3) is 0 Å². The molecule has 0 fully saturated rings. The largest absolute Gasteiger partial charge is 0.487 e. The Kier molecular flexibility index (Phi) is 3.63. The Morgan fingerprint density at radius 2 is 2.33 bits per heavy atom. The number of hydrogen-bond acceptors (Lipinski definition) is 4. The van der Waals surface area contributed by atoms with Gasteiger partial charge in [-0.1, -0.05) is 6.07 Å². The van der Waals surface area contributed by atoms with Crippen molar-refractivity contribution in [1.29, 1.82) is 5.26 Å². The number of nitro groups is 1. The fourth-order valence-electron chi connectivity index (χ4n) is 1.18. The zero-order valence-electron chi connectivity index (χ0n) is 8.27. The van der Waals surface area contributed by atoms with E-state index in [2.05, 4.69) is 0 Å². The van der Waals surface area contributed by atoms with Crippen LogP contribution in [-0.4, -0.2) is 11.5 Å². The molecule has 1 aromatic carbocycles. The number of nitriles is 1. The molecule has 0 heterocycles. The van der Waals surface area contributed by atoms with Gasteiger partial charge in [0.2, 0.25) is 0 Å². The summed E-state index contributed by atoms with van der Waals surface area (Å²) in [5.41, 5.74) is 0.644. The first-order valence-corrected chi connectivity index (χ1v) is 4.46. The van der Waals surface area contributed by atoms with E-state index in [0.717, 1.165) is 0 Å². The standard InChI is InChI=1S/C10H10N2O3/c1-2-15-10-7-8(5-6-11)3-4-9(10)12(13)14/h3-4,7H,2,5H2,1H3. The van der Waals surface area contributed by atoms with Crippen molar-refractivity contribution in [2.24, 2.45) is 0 Å². The smallest absolute Gasteiger partial charge is 0.310 e. The molecule has 15 heavy (non-hydrogen) atoms. The second kappa shape index (κ2) is 4.96. The highest BCUT2D eigenvalue weighted by Crippen LogP contribution is 2.27. The van der Waals surface area contributed by atoms with Crippen LogP contribution in [0.15, 0.2) is 18.2 Å². The van der Waals surface area contributed by atoms with E-state index in [1.807, 2.05) is 6.07 Å². The zero-order chi connectivity index (χ0) is 11.3. The van der Waals surface area contributed by atoms with Crippen LogP contribution in [0.2, 0.25) is 0 Å². The highest BCUT2D eigenvalue weighted by Gasteiger charge is 2.14. The molecule has 1 aromatic rings. The van der Waals surface area contributed by atoms with Crippen molar-refractivity contribution in [3.63, 3.8) is 0 Å². The third kappa shape index (κ3) is 2.68. The Balaban J connectivity index is 3.09. The average molecular weight is 206 g/mol. The van der Waals surface area contributed by atoms with Gasteiger partial charge in [-0.25, -0.2) is 0 Å². The van der Waals surface area contributed by atoms with Gasteiger partial charge in [-0.05, 0) is 18.6 Å². The summed E-state index contributed by atoms with van der Waals surface area (Å²) in [6.07, 6.45) is 0.220. The van der Waals surface area contributed by atoms with Gasteiger partial charge in [0.15, 0.2) is 5.75 Å². The molecule has 0 saturated carbocycles. The number of hydrogen-bond donors (Lipinski definition) is 0. The molecule has 0 aliphatic heterocycles. The van der Waals surface area contributed by atoms with E-state index < -0.39 is 4.92 Å². The monoisotopic (exact) mass is 206 g/mol. The summed E-state index contributed by atoms with van der Waals surface area (Å²) in [4.78, 5) is 10.1. The fraction of sp³-hybridized carbons (Fsp3) is 0.300. The van der Waals surface area contributed by atoms with E-state index in [0.29, 0.717) is 12.2 Å². The average Bonchev–Trinajstić information content (AvgIpc) is 2.18. The molecule has 0 N–H and O–H groups in total. The second-order valence-electron chi connectivity index (χ2n) is 2.83. The van der Waals surface area contributed by atoms with Gasteiger partial charge in [-0.2, -0.15) is 5.26 Å². The van der Waals surface area contributed by atoms with Crippen molar-refractivity contribution in [2.45, 2.75) is 13.3 Å². The molecule has 0 aromatic heterocycles. The van der Waals surface area contributed by atoms with Crippen LogP contribution in [0.3, 0.4) is 0 Å². The van der Waals surface area contributed by atoms with E-state index in [1.165, 1.54) is 12.1 Å². The van der Waals surface area contributed by atoms with Gasteiger partial charge < -0.3 is 4.74 Å². The molecule has 0 saturated heterocycles. The maximum Gasteiger partial charge on any atom is 0.310 e. The predicted molar refractivity (Wildman–Crippen MR) is 53.6 cm³/mol. The van der Waals surface area contributed by atoms with Crippen molar-refractivity contribution in [2.75, 3.05) is 6.61 Å². The molecule has 0 atom stereocenters. The molecule has 0 radical (unpaired) electrons.